The van der Waals surface area contributed by atoms with Gasteiger partial charge in [0.25, 0.3) is 0 Å². The highest BCUT2D eigenvalue weighted by Gasteiger charge is 2.44. The lowest BCUT2D eigenvalue weighted by atomic mass is 9.87. The number of rotatable bonds is 9. The fourth-order valence-corrected chi connectivity index (χ4v) is 4.95. The summed E-state index contributed by atoms with van der Waals surface area (Å²) < 4.78 is 7.97. The SMILES string of the molecule is CC(C)N(CCCNC(=O)Nc1ccc(C(C)(C)C)cc1)C[C@H]1O[C@@H](n2ccc3c(N)nccc32)[C@H](O)[C@@H]1O. The van der Waals surface area contributed by atoms with Crippen molar-refractivity contribution >= 4 is 28.4 Å². The number of aliphatic hydroxyl groups excluding tert-OH is 2. The van der Waals surface area contributed by atoms with Crippen molar-refractivity contribution < 1.29 is 19.7 Å². The molecule has 2 amide bonds. The van der Waals surface area contributed by atoms with Gasteiger partial charge in [0.1, 0.15) is 24.1 Å². The summed E-state index contributed by atoms with van der Waals surface area (Å²) in [6, 6.07) is 11.5. The molecule has 4 atom stereocenters. The number of nitrogens with one attached hydrogen (secondary N) is 2. The van der Waals surface area contributed by atoms with Crippen molar-refractivity contribution in [2.24, 2.45) is 0 Å². The molecular formula is C29H42N6O4. The van der Waals surface area contributed by atoms with Crippen LogP contribution in [0.2, 0.25) is 0 Å². The van der Waals surface area contributed by atoms with Crippen LogP contribution in [0.5, 0.6) is 0 Å². The Bertz CT molecular complexity index is 1250. The van der Waals surface area contributed by atoms with Gasteiger partial charge in [0.15, 0.2) is 6.23 Å². The second-order valence-corrected chi connectivity index (χ2v) is 11.5. The number of pyridine rings is 1. The van der Waals surface area contributed by atoms with Crippen molar-refractivity contribution in [3.05, 3.63) is 54.4 Å². The molecule has 2 aromatic heterocycles. The zero-order chi connectivity index (χ0) is 28.3. The van der Waals surface area contributed by atoms with Gasteiger partial charge < -0.3 is 35.9 Å². The Morgan fingerprint density at radius 1 is 1.15 bits per heavy atom. The Kier molecular flexibility index (Phi) is 8.80. The number of amides is 2. The third-order valence-corrected chi connectivity index (χ3v) is 7.35. The Labute approximate surface area is 230 Å². The monoisotopic (exact) mass is 538 g/mol. The van der Waals surface area contributed by atoms with E-state index in [1.807, 2.05) is 36.4 Å². The zero-order valence-electron chi connectivity index (χ0n) is 23.5. The number of nitrogens with zero attached hydrogens (tertiary/aromatic N) is 3. The standard InChI is InChI=1S/C29H42N6O4/c1-18(2)34(15-6-13-32-28(38)33-20-9-7-19(8-10-20)29(3,4)5)17-23-24(36)25(37)27(39-23)35-16-12-21-22(35)11-14-31-26(21)30/h7-12,14,16,18,23-25,27,36-37H,6,13,15,17H2,1-5H3,(H2,30,31)(H2,32,33,38)/t23-,24-,25-,27-/m1/s1. The lowest BCUT2D eigenvalue weighted by Gasteiger charge is -2.30. The molecule has 1 aliphatic heterocycles. The predicted molar refractivity (Wildman–Crippen MR) is 154 cm³/mol. The third-order valence-electron chi connectivity index (χ3n) is 7.35. The van der Waals surface area contributed by atoms with Gasteiger partial charge >= 0.3 is 6.03 Å². The summed E-state index contributed by atoms with van der Waals surface area (Å²) in [4.78, 5) is 18.7. The topological polar surface area (TPSA) is 138 Å². The molecule has 10 nitrogen and oxygen atoms in total. The van der Waals surface area contributed by atoms with Crippen molar-refractivity contribution in [2.75, 3.05) is 30.7 Å². The molecule has 1 fully saturated rings. The molecule has 3 heterocycles. The van der Waals surface area contributed by atoms with Crippen LogP contribution in [0, 0.1) is 0 Å². The van der Waals surface area contributed by atoms with Crippen LogP contribution in [-0.2, 0) is 10.2 Å². The molecule has 10 heteroatoms. The molecule has 0 spiro atoms. The molecule has 0 bridgehead atoms. The highest BCUT2D eigenvalue weighted by molar-refractivity contribution is 5.89. The number of ether oxygens (including phenoxy) is 1. The fraction of sp³-hybridized carbons (Fsp3) is 0.517. The first-order valence-electron chi connectivity index (χ1n) is 13.6. The van der Waals surface area contributed by atoms with Gasteiger partial charge in [-0.1, -0.05) is 32.9 Å². The average molecular weight is 539 g/mol. The number of aliphatic hydroxyl groups is 2. The molecule has 1 aliphatic rings. The molecule has 1 saturated heterocycles. The van der Waals surface area contributed by atoms with E-state index in [0.29, 0.717) is 25.5 Å². The van der Waals surface area contributed by atoms with E-state index in [1.54, 1.807) is 17.0 Å². The Morgan fingerprint density at radius 3 is 2.54 bits per heavy atom. The summed E-state index contributed by atoms with van der Waals surface area (Å²) in [5, 5.41) is 28.2. The predicted octanol–water partition coefficient (Wildman–Crippen LogP) is 3.46. The number of hydrogen-bond donors (Lipinski definition) is 5. The minimum atomic E-state index is -1.09. The Morgan fingerprint density at radius 2 is 1.87 bits per heavy atom. The summed E-state index contributed by atoms with van der Waals surface area (Å²) >= 11 is 0. The molecule has 4 rings (SSSR count). The molecule has 0 unspecified atom stereocenters. The fourth-order valence-electron chi connectivity index (χ4n) is 4.95. The van der Waals surface area contributed by atoms with Gasteiger partial charge in [-0.05, 0) is 55.5 Å². The minimum Gasteiger partial charge on any atom is -0.387 e. The van der Waals surface area contributed by atoms with E-state index in [0.717, 1.165) is 23.0 Å². The van der Waals surface area contributed by atoms with Gasteiger partial charge in [0.2, 0.25) is 0 Å². The maximum atomic E-state index is 12.4. The van der Waals surface area contributed by atoms with E-state index in [9.17, 15) is 15.0 Å². The van der Waals surface area contributed by atoms with Crippen LogP contribution in [0.4, 0.5) is 16.3 Å². The van der Waals surface area contributed by atoms with Crippen molar-refractivity contribution in [1.82, 2.24) is 19.8 Å². The molecule has 6 N–H and O–H groups in total. The first-order chi connectivity index (χ1) is 18.5. The summed E-state index contributed by atoms with van der Waals surface area (Å²) in [6.07, 6.45) is 0.691. The van der Waals surface area contributed by atoms with E-state index in [4.69, 9.17) is 10.5 Å². The smallest absolute Gasteiger partial charge is 0.319 e. The van der Waals surface area contributed by atoms with Gasteiger partial charge in [0.05, 0.1) is 5.52 Å². The molecular weight excluding hydrogens is 496 g/mol. The summed E-state index contributed by atoms with van der Waals surface area (Å²) in [7, 11) is 0. The number of anilines is 2. The van der Waals surface area contributed by atoms with Gasteiger partial charge in [-0.25, -0.2) is 9.78 Å². The summed E-state index contributed by atoms with van der Waals surface area (Å²) in [6.45, 7) is 12.3. The summed E-state index contributed by atoms with van der Waals surface area (Å²) in [5.74, 6) is 0.405. The van der Waals surface area contributed by atoms with Crippen LogP contribution < -0.4 is 16.4 Å². The van der Waals surface area contributed by atoms with Crippen LogP contribution in [-0.4, -0.2) is 74.7 Å². The maximum Gasteiger partial charge on any atom is 0.319 e. The number of nitrogen functional groups attached to an aromatic ring is 1. The number of fused-ring (bicyclic) bond motifs is 1. The molecule has 212 valence electrons. The Balaban J connectivity index is 1.27. The zero-order valence-corrected chi connectivity index (χ0v) is 23.5. The van der Waals surface area contributed by atoms with Crippen molar-refractivity contribution in [3.8, 4) is 0 Å². The molecule has 3 aromatic rings. The van der Waals surface area contributed by atoms with E-state index in [1.165, 1.54) is 5.56 Å². The van der Waals surface area contributed by atoms with Crippen molar-refractivity contribution in [3.63, 3.8) is 0 Å². The number of hydrogen-bond acceptors (Lipinski definition) is 7. The van der Waals surface area contributed by atoms with Gasteiger partial charge in [0, 0.05) is 49.1 Å². The number of nitrogens with two attached hydrogens (primary N) is 1. The first kappa shape index (κ1) is 28.8. The molecule has 0 radical (unpaired) electrons. The van der Waals surface area contributed by atoms with E-state index >= 15 is 0 Å². The normalized spacial score (nSPS) is 21.7. The summed E-state index contributed by atoms with van der Waals surface area (Å²) in [5.41, 5.74) is 8.78. The number of carbonyl (C=O) groups is 1. The second kappa shape index (κ2) is 11.9. The number of urea groups is 1. The van der Waals surface area contributed by atoms with Gasteiger partial charge in [-0.15, -0.1) is 0 Å². The van der Waals surface area contributed by atoms with E-state index in [-0.39, 0.29) is 17.5 Å². The van der Waals surface area contributed by atoms with Crippen LogP contribution in [0.25, 0.3) is 10.9 Å². The number of benzene rings is 1. The molecule has 39 heavy (non-hydrogen) atoms. The quantitative estimate of drug-likeness (QED) is 0.263. The molecule has 1 aromatic carbocycles. The highest BCUT2D eigenvalue weighted by Crippen LogP contribution is 2.34. The first-order valence-corrected chi connectivity index (χ1v) is 13.6. The minimum absolute atomic E-state index is 0.0601. The second-order valence-electron chi connectivity index (χ2n) is 11.5. The average Bonchev–Trinajstić information content (AvgIpc) is 3.42. The van der Waals surface area contributed by atoms with Crippen molar-refractivity contribution in [1.29, 1.82) is 0 Å². The van der Waals surface area contributed by atoms with Crippen molar-refractivity contribution in [2.45, 2.75) is 77.0 Å². The van der Waals surface area contributed by atoms with Crippen LogP contribution in [0.1, 0.15) is 52.8 Å². The third kappa shape index (κ3) is 6.70. The number of aromatic nitrogens is 2. The molecule has 0 saturated carbocycles. The Hall–Kier alpha value is -3.18. The lowest BCUT2D eigenvalue weighted by Crippen LogP contribution is -2.44. The maximum absolute atomic E-state index is 12.4. The van der Waals surface area contributed by atoms with E-state index in [2.05, 4.69) is 55.1 Å². The largest absolute Gasteiger partial charge is 0.387 e. The molecule has 0 aliphatic carbocycles. The van der Waals surface area contributed by atoms with Crippen LogP contribution in [0.15, 0.2) is 48.8 Å². The highest BCUT2D eigenvalue weighted by atomic mass is 16.6. The van der Waals surface area contributed by atoms with Crippen LogP contribution >= 0.6 is 0 Å². The van der Waals surface area contributed by atoms with Gasteiger partial charge in [-0.2, -0.15) is 0 Å². The lowest BCUT2D eigenvalue weighted by molar-refractivity contribution is -0.0463. The van der Waals surface area contributed by atoms with Gasteiger partial charge in [-0.3, -0.25) is 4.90 Å². The van der Waals surface area contributed by atoms with E-state index < -0.39 is 24.5 Å². The van der Waals surface area contributed by atoms with Crippen LogP contribution in [0.3, 0.4) is 0 Å². The number of carbonyl (C=O) groups excluding carboxylic acids is 1.